The van der Waals surface area contributed by atoms with Crippen LogP contribution in [0.4, 0.5) is 0 Å². The van der Waals surface area contributed by atoms with E-state index in [0.29, 0.717) is 18.9 Å². The molecule has 1 aromatic heterocycles. The Morgan fingerprint density at radius 2 is 2.14 bits per heavy atom. The summed E-state index contributed by atoms with van der Waals surface area (Å²) in [5.74, 6) is 1.13. The van der Waals surface area contributed by atoms with Gasteiger partial charge in [0.05, 0.1) is 12.4 Å². The highest BCUT2D eigenvalue weighted by Gasteiger charge is 2.24. The van der Waals surface area contributed by atoms with E-state index in [1.807, 2.05) is 17.0 Å². The summed E-state index contributed by atoms with van der Waals surface area (Å²) >= 11 is 0. The number of amides is 1. The Balaban J connectivity index is 1.37. The molecule has 0 radical (unpaired) electrons. The molecule has 5 nitrogen and oxygen atoms in total. The van der Waals surface area contributed by atoms with E-state index in [-0.39, 0.29) is 5.91 Å². The van der Waals surface area contributed by atoms with E-state index in [2.05, 4.69) is 4.90 Å². The minimum absolute atomic E-state index is 0.239. The van der Waals surface area contributed by atoms with Crippen molar-refractivity contribution < 1.29 is 13.9 Å². The van der Waals surface area contributed by atoms with E-state index in [9.17, 15) is 4.79 Å². The molecule has 0 aromatic carbocycles. The van der Waals surface area contributed by atoms with Crippen LogP contribution in [0.3, 0.4) is 0 Å². The summed E-state index contributed by atoms with van der Waals surface area (Å²) in [6.45, 7) is 5.54. The predicted molar refractivity (Wildman–Crippen MR) is 79.0 cm³/mol. The zero-order valence-electron chi connectivity index (χ0n) is 12.5. The van der Waals surface area contributed by atoms with Crippen LogP contribution >= 0.6 is 0 Å². The lowest BCUT2D eigenvalue weighted by Gasteiger charge is -2.35. The van der Waals surface area contributed by atoms with Gasteiger partial charge in [0.2, 0.25) is 5.91 Å². The molecule has 3 rings (SSSR count). The van der Waals surface area contributed by atoms with Crippen LogP contribution in [0.25, 0.3) is 0 Å². The van der Waals surface area contributed by atoms with Crippen LogP contribution in [0.15, 0.2) is 22.8 Å². The van der Waals surface area contributed by atoms with E-state index in [1.54, 1.807) is 6.26 Å². The molecule has 1 unspecified atom stereocenters. The fraction of sp³-hybridized carbons (Fsp3) is 0.688. The zero-order valence-corrected chi connectivity index (χ0v) is 12.5. The van der Waals surface area contributed by atoms with Gasteiger partial charge in [-0.05, 0) is 25.0 Å². The van der Waals surface area contributed by atoms with Crippen LogP contribution in [0.5, 0.6) is 0 Å². The van der Waals surface area contributed by atoms with Crippen molar-refractivity contribution in [3.8, 4) is 0 Å². The average Bonchev–Trinajstić information content (AvgIpc) is 3.19. The topological polar surface area (TPSA) is 45.9 Å². The number of carbonyl (C=O) groups excluding carboxylic acids is 1. The Hall–Kier alpha value is -1.33. The SMILES string of the molecule is O=C(CCc1ccco1)N1CCN(CC2CCCO2)CC1. The fourth-order valence-corrected chi connectivity index (χ4v) is 3.10. The van der Waals surface area contributed by atoms with Gasteiger partial charge in [-0.15, -0.1) is 0 Å². The van der Waals surface area contributed by atoms with Gasteiger partial charge >= 0.3 is 0 Å². The summed E-state index contributed by atoms with van der Waals surface area (Å²) in [6.07, 6.45) is 5.68. The number of ether oxygens (including phenoxy) is 1. The zero-order chi connectivity index (χ0) is 14.5. The average molecular weight is 292 g/mol. The molecular weight excluding hydrogens is 268 g/mol. The van der Waals surface area contributed by atoms with Gasteiger partial charge in [-0.1, -0.05) is 0 Å². The summed E-state index contributed by atoms with van der Waals surface area (Å²) in [5.41, 5.74) is 0. The van der Waals surface area contributed by atoms with Gasteiger partial charge in [0.15, 0.2) is 0 Å². The molecule has 0 N–H and O–H groups in total. The van der Waals surface area contributed by atoms with E-state index < -0.39 is 0 Å². The summed E-state index contributed by atoms with van der Waals surface area (Å²) in [4.78, 5) is 16.6. The van der Waals surface area contributed by atoms with Crippen molar-refractivity contribution in [1.82, 2.24) is 9.80 Å². The maximum atomic E-state index is 12.2. The van der Waals surface area contributed by atoms with Crippen molar-refractivity contribution in [2.75, 3.05) is 39.3 Å². The third kappa shape index (κ3) is 4.08. The van der Waals surface area contributed by atoms with E-state index in [4.69, 9.17) is 9.15 Å². The Kier molecular flexibility index (Phi) is 4.93. The van der Waals surface area contributed by atoms with E-state index >= 15 is 0 Å². The predicted octanol–water partition coefficient (Wildman–Crippen LogP) is 1.54. The van der Waals surface area contributed by atoms with Gasteiger partial charge in [0.1, 0.15) is 5.76 Å². The molecule has 1 aromatic rings. The number of piperazine rings is 1. The highest BCUT2D eigenvalue weighted by molar-refractivity contribution is 5.76. The van der Waals surface area contributed by atoms with Crippen LogP contribution in [0.1, 0.15) is 25.0 Å². The molecular formula is C16H24N2O3. The molecule has 5 heteroatoms. The van der Waals surface area contributed by atoms with Crippen molar-refractivity contribution in [1.29, 1.82) is 0 Å². The first-order chi connectivity index (χ1) is 10.3. The second kappa shape index (κ2) is 7.09. The lowest BCUT2D eigenvalue weighted by atomic mass is 10.2. The largest absolute Gasteiger partial charge is 0.469 e. The molecule has 2 aliphatic heterocycles. The van der Waals surface area contributed by atoms with Gasteiger partial charge in [0.25, 0.3) is 0 Å². The maximum Gasteiger partial charge on any atom is 0.223 e. The van der Waals surface area contributed by atoms with Crippen molar-refractivity contribution in [3.05, 3.63) is 24.2 Å². The third-order valence-corrected chi connectivity index (χ3v) is 4.38. The summed E-state index contributed by atoms with van der Waals surface area (Å²) in [7, 11) is 0. The quantitative estimate of drug-likeness (QED) is 0.826. The summed E-state index contributed by atoms with van der Waals surface area (Å²) in [5, 5.41) is 0. The first-order valence-electron chi connectivity index (χ1n) is 7.95. The van der Waals surface area contributed by atoms with E-state index in [1.165, 1.54) is 12.8 Å². The number of hydrogen-bond acceptors (Lipinski definition) is 4. The second-order valence-corrected chi connectivity index (χ2v) is 5.90. The first kappa shape index (κ1) is 14.6. The number of aryl methyl sites for hydroxylation is 1. The molecule has 0 aliphatic carbocycles. The molecule has 21 heavy (non-hydrogen) atoms. The minimum atomic E-state index is 0.239. The van der Waals surface area contributed by atoms with Crippen LogP contribution < -0.4 is 0 Å². The molecule has 0 bridgehead atoms. The lowest BCUT2D eigenvalue weighted by Crippen LogP contribution is -2.50. The molecule has 1 amide bonds. The number of carbonyl (C=O) groups is 1. The molecule has 0 saturated carbocycles. The van der Waals surface area contributed by atoms with Crippen LogP contribution in [-0.4, -0.2) is 61.1 Å². The Morgan fingerprint density at radius 1 is 1.29 bits per heavy atom. The van der Waals surface area contributed by atoms with E-state index in [0.717, 1.165) is 45.1 Å². The smallest absolute Gasteiger partial charge is 0.223 e. The molecule has 2 aliphatic rings. The van der Waals surface area contributed by atoms with Crippen LogP contribution in [0, 0.1) is 0 Å². The standard InChI is InChI=1S/C16H24N2O3/c19-16(6-5-14-3-1-11-20-14)18-9-7-17(8-10-18)13-15-4-2-12-21-15/h1,3,11,15H,2,4-10,12-13H2. The summed E-state index contributed by atoms with van der Waals surface area (Å²) in [6, 6.07) is 3.79. The van der Waals surface area contributed by atoms with Crippen molar-refractivity contribution in [3.63, 3.8) is 0 Å². The third-order valence-electron chi connectivity index (χ3n) is 4.38. The number of rotatable bonds is 5. The van der Waals surface area contributed by atoms with Gasteiger partial charge in [-0.2, -0.15) is 0 Å². The van der Waals surface area contributed by atoms with Crippen molar-refractivity contribution in [2.24, 2.45) is 0 Å². The molecule has 1 atom stereocenters. The highest BCUT2D eigenvalue weighted by atomic mass is 16.5. The fourth-order valence-electron chi connectivity index (χ4n) is 3.10. The Labute approximate surface area is 125 Å². The van der Waals surface area contributed by atoms with Crippen LogP contribution in [-0.2, 0) is 16.0 Å². The molecule has 2 fully saturated rings. The molecule has 2 saturated heterocycles. The first-order valence-corrected chi connectivity index (χ1v) is 7.95. The Morgan fingerprint density at radius 3 is 2.81 bits per heavy atom. The maximum absolute atomic E-state index is 12.2. The Bertz CT molecular complexity index is 432. The number of hydrogen-bond donors (Lipinski definition) is 0. The molecule has 116 valence electrons. The van der Waals surface area contributed by atoms with Gasteiger partial charge in [-0.25, -0.2) is 0 Å². The minimum Gasteiger partial charge on any atom is -0.469 e. The molecule has 3 heterocycles. The second-order valence-electron chi connectivity index (χ2n) is 5.90. The number of nitrogens with zero attached hydrogens (tertiary/aromatic N) is 2. The van der Waals surface area contributed by atoms with Crippen LogP contribution in [0.2, 0.25) is 0 Å². The van der Waals surface area contributed by atoms with Gasteiger partial charge in [0, 0.05) is 52.2 Å². The normalized spacial score (nSPS) is 23.6. The molecule has 0 spiro atoms. The number of furan rings is 1. The van der Waals surface area contributed by atoms with Crippen molar-refractivity contribution >= 4 is 5.91 Å². The highest BCUT2D eigenvalue weighted by Crippen LogP contribution is 2.15. The lowest BCUT2D eigenvalue weighted by molar-refractivity contribution is -0.133. The van der Waals surface area contributed by atoms with Gasteiger partial charge in [-0.3, -0.25) is 9.69 Å². The summed E-state index contributed by atoms with van der Waals surface area (Å²) < 4.78 is 10.9. The monoisotopic (exact) mass is 292 g/mol. The van der Waals surface area contributed by atoms with Crippen molar-refractivity contribution in [2.45, 2.75) is 31.8 Å². The van der Waals surface area contributed by atoms with Gasteiger partial charge < -0.3 is 14.1 Å².